The van der Waals surface area contributed by atoms with Gasteiger partial charge in [-0.15, -0.1) is 0 Å². The molecule has 1 N–H and O–H groups in total. The van der Waals surface area contributed by atoms with Gasteiger partial charge in [-0.3, -0.25) is 9.59 Å². The Hall–Kier alpha value is -2.54. The maximum Gasteiger partial charge on any atom is 0.261 e. The quantitative estimate of drug-likeness (QED) is 0.256. The summed E-state index contributed by atoms with van der Waals surface area (Å²) >= 11 is 16.1. The Morgan fingerprint density at radius 2 is 1.78 bits per heavy atom. The van der Waals surface area contributed by atoms with Crippen LogP contribution in [0.2, 0.25) is 10.0 Å². The molecule has 0 aliphatic heterocycles. The maximum absolute atomic E-state index is 13.7. The van der Waals surface area contributed by atoms with Crippen LogP contribution in [0.1, 0.15) is 37.0 Å². The summed E-state index contributed by atoms with van der Waals surface area (Å²) in [5.74, 6) is 0.0186. The normalized spacial score (nSPS) is 12.5. The van der Waals surface area contributed by atoms with E-state index in [4.69, 9.17) is 27.9 Å². The Kier molecular flexibility index (Phi) is 10.9. The van der Waals surface area contributed by atoms with Crippen LogP contribution in [0, 0.1) is 6.92 Å². The molecule has 0 saturated heterocycles. The first-order chi connectivity index (χ1) is 17.7. The van der Waals surface area contributed by atoms with Gasteiger partial charge in [-0.05, 0) is 67.3 Å². The fourth-order valence-corrected chi connectivity index (χ4v) is 4.48. The summed E-state index contributed by atoms with van der Waals surface area (Å²) in [6, 6.07) is 19.5. The highest BCUT2D eigenvalue weighted by Crippen LogP contribution is 2.25. The van der Waals surface area contributed by atoms with E-state index in [1.165, 1.54) is 0 Å². The molecule has 0 heterocycles. The van der Waals surface area contributed by atoms with Crippen molar-refractivity contribution in [3.8, 4) is 5.75 Å². The number of hydrogen-bond donors (Lipinski definition) is 1. The number of benzene rings is 3. The standard InChI is InChI=1S/C29H31BrCl2N2O3/c1-4-20(3)33-29(36)27(15-21-8-6-5-7-9-21)34(17-22-10-11-23(31)16-26(22)32)28(35)18-37-24-12-13-25(30)19(2)14-24/h5-14,16,20,27H,4,15,17-18H2,1-3H3,(H,33,36). The number of nitrogens with zero attached hydrogens (tertiary/aromatic N) is 1. The molecule has 3 aromatic rings. The summed E-state index contributed by atoms with van der Waals surface area (Å²) in [7, 11) is 0. The zero-order valence-corrected chi connectivity index (χ0v) is 24.2. The summed E-state index contributed by atoms with van der Waals surface area (Å²) in [5, 5.41) is 3.97. The monoisotopic (exact) mass is 604 g/mol. The Bertz CT molecular complexity index is 1220. The van der Waals surface area contributed by atoms with E-state index in [1.54, 1.807) is 29.2 Å². The number of ether oxygens (including phenoxy) is 1. The second-order valence-corrected chi connectivity index (χ2v) is 10.7. The molecule has 3 rings (SSSR count). The lowest BCUT2D eigenvalue weighted by molar-refractivity contribution is -0.143. The van der Waals surface area contributed by atoms with Crippen molar-refractivity contribution < 1.29 is 14.3 Å². The van der Waals surface area contributed by atoms with Crippen molar-refractivity contribution in [2.45, 2.75) is 52.2 Å². The Morgan fingerprint density at radius 1 is 1.05 bits per heavy atom. The highest BCUT2D eigenvalue weighted by molar-refractivity contribution is 9.10. The van der Waals surface area contributed by atoms with Gasteiger partial charge in [0, 0.05) is 33.5 Å². The van der Waals surface area contributed by atoms with Gasteiger partial charge in [-0.25, -0.2) is 0 Å². The van der Waals surface area contributed by atoms with Crippen molar-refractivity contribution >= 4 is 50.9 Å². The maximum atomic E-state index is 13.7. The lowest BCUT2D eigenvalue weighted by atomic mass is 10.0. The molecule has 2 unspecified atom stereocenters. The Balaban J connectivity index is 1.94. The number of nitrogens with one attached hydrogen (secondary N) is 1. The highest BCUT2D eigenvalue weighted by Gasteiger charge is 2.31. The van der Waals surface area contributed by atoms with Crippen LogP contribution in [0.4, 0.5) is 0 Å². The van der Waals surface area contributed by atoms with E-state index in [9.17, 15) is 9.59 Å². The van der Waals surface area contributed by atoms with Crippen molar-refractivity contribution in [3.63, 3.8) is 0 Å². The van der Waals surface area contributed by atoms with Crippen molar-refractivity contribution in [3.05, 3.63) is 97.9 Å². The Morgan fingerprint density at radius 3 is 2.43 bits per heavy atom. The van der Waals surface area contributed by atoms with Crippen molar-refractivity contribution in [2.75, 3.05) is 6.61 Å². The molecular weight excluding hydrogens is 575 g/mol. The largest absolute Gasteiger partial charge is 0.484 e. The zero-order chi connectivity index (χ0) is 26.9. The number of amides is 2. The molecule has 0 saturated carbocycles. The predicted molar refractivity (Wildman–Crippen MR) is 153 cm³/mol. The summed E-state index contributed by atoms with van der Waals surface area (Å²) in [4.78, 5) is 28.8. The average molecular weight is 606 g/mol. The van der Waals surface area contributed by atoms with E-state index in [2.05, 4.69) is 21.2 Å². The highest BCUT2D eigenvalue weighted by atomic mass is 79.9. The third kappa shape index (κ3) is 8.49. The zero-order valence-electron chi connectivity index (χ0n) is 21.1. The number of carbonyl (C=O) groups is 2. The van der Waals surface area contributed by atoms with Gasteiger partial charge < -0.3 is 15.0 Å². The third-order valence-corrected chi connectivity index (χ3v) is 7.60. The third-order valence-electron chi connectivity index (χ3n) is 6.12. The predicted octanol–water partition coefficient (Wildman–Crippen LogP) is 7.00. The van der Waals surface area contributed by atoms with Crippen LogP contribution in [0.15, 0.2) is 71.2 Å². The van der Waals surface area contributed by atoms with Gasteiger partial charge in [0.2, 0.25) is 5.91 Å². The molecule has 5 nitrogen and oxygen atoms in total. The summed E-state index contributed by atoms with van der Waals surface area (Å²) in [6.07, 6.45) is 1.12. The molecule has 8 heteroatoms. The Labute approximate surface area is 237 Å². The van der Waals surface area contributed by atoms with Gasteiger partial charge in [0.1, 0.15) is 11.8 Å². The number of hydrogen-bond acceptors (Lipinski definition) is 3. The van der Waals surface area contributed by atoms with Gasteiger partial charge in [-0.1, -0.05) is 82.5 Å². The molecule has 2 atom stereocenters. The molecule has 37 heavy (non-hydrogen) atoms. The van der Waals surface area contributed by atoms with Crippen molar-refractivity contribution in [1.82, 2.24) is 10.2 Å². The topological polar surface area (TPSA) is 58.6 Å². The van der Waals surface area contributed by atoms with Crippen molar-refractivity contribution in [2.24, 2.45) is 0 Å². The first kappa shape index (κ1) is 29.0. The SMILES string of the molecule is CCC(C)NC(=O)C(Cc1ccccc1)N(Cc1ccc(Cl)cc1Cl)C(=O)COc1ccc(Br)c(C)c1. The number of rotatable bonds is 11. The van der Waals surface area contributed by atoms with Crippen LogP contribution in [-0.4, -0.2) is 35.4 Å². The van der Waals surface area contributed by atoms with Crippen LogP contribution >= 0.6 is 39.1 Å². The fourth-order valence-electron chi connectivity index (χ4n) is 3.76. The van der Waals surface area contributed by atoms with Gasteiger partial charge in [0.15, 0.2) is 6.61 Å². The molecule has 0 aliphatic carbocycles. The summed E-state index contributed by atoms with van der Waals surface area (Å²) in [6.45, 7) is 5.79. The second kappa shape index (κ2) is 13.8. The van der Waals surface area contributed by atoms with Crippen LogP contribution in [0.5, 0.6) is 5.75 Å². The van der Waals surface area contributed by atoms with E-state index in [0.29, 0.717) is 27.8 Å². The van der Waals surface area contributed by atoms with E-state index < -0.39 is 6.04 Å². The molecule has 0 fully saturated rings. The molecule has 0 spiro atoms. The average Bonchev–Trinajstić information content (AvgIpc) is 2.88. The second-order valence-electron chi connectivity index (χ2n) is 8.98. The fraction of sp³-hybridized carbons (Fsp3) is 0.310. The molecule has 3 aromatic carbocycles. The molecule has 2 amide bonds. The van der Waals surface area contributed by atoms with E-state index in [0.717, 1.165) is 22.0 Å². The van der Waals surface area contributed by atoms with E-state index >= 15 is 0 Å². The molecule has 0 bridgehead atoms. The van der Waals surface area contributed by atoms with Crippen molar-refractivity contribution in [1.29, 1.82) is 0 Å². The summed E-state index contributed by atoms with van der Waals surface area (Å²) in [5.41, 5.74) is 2.62. The van der Waals surface area contributed by atoms with Gasteiger partial charge in [0.05, 0.1) is 0 Å². The molecule has 0 aliphatic rings. The minimum atomic E-state index is -0.772. The number of aryl methyl sites for hydroxylation is 1. The van der Waals surface area contributed by atoms with Gasteiger partial charge in [-0.2, -0.15) is 0 Å². The lowest BCUT2D eigenvalue weighted by Gasteiger charge is -2.32. The summed E-state index contributed by atoms with van der Waals surface area (Å²) < 4.78 is 6.81. The number of halogens is 3. The molecule has 0 aromatic heterocycles. The first-order valence-electron chi connectivity index (χ1n) is 12.1. The minimum absolute atomic E-state index is 0.0381. The van der Waals surface area contributed by atoms with Gasteiger partial charge in [0.25, 0.3) is 5.91 Å². The van der Waals surface area contributed by atoms with Crippen LogP contribution in [0.3, 0.4) is 0 Å². The minimum Gasteiger partial charge on any atom is -0.484 e. The number of carbonyl (C=O) groups excluding carboxylic acids is 2. The molecule has 196 valence electrons. The molecule has 0 radical (unpaired) electrons. The van der Waals surface area contributed by atoms with E-state index in [-0.39, 0.29) is 31.0 Å². The lowest BCUT2D eigenvalue weighted by Crippen LogP contribution is -2.53. The van der Waals surface area contributed by atoms with Gasteiger partial charge >= 0.3 is 0 Å². The molecular formula is C29H31BrCl2N2O3. The van der Waals surface area contributed by atoms with Crippen LogP contribution < -0.4 is 10.1 Å². The van der Waals surface area contributed by atoms with E-state index in [1.807, 2.05) is 63.2 Å². The first-order valence-corrected chi connectivity index (χ1v) is 13.7. The van der Waals surface area contributed by atoms with Crippen LogP contribution in [-0.2, 0) is 22.6 Å². The smallest absolute Gasteiger partial charge is 0.261 e. The van der Waals surface area contributed by atoms with Crippen LogP contribution in [0.25, 0.3) is 0 Å².